The predicted molar refractivity (Wildman–Crippen MR) is 47.7 cm³/mol. The van der Waals surface area contributed by atoms with Crippen molar-refractivity contribution in [2.45, 2.75) is 13.0 Å². The molecule has 1 rings (SSSR count). The van der Waals surface area contributed by atoms with Crippen molar-refractivity contribution in [1.29, 1.82) is 0 Å². The van der Waals surface area contributed by atoms with Crippen molar-refractivity contribution in [3.05, 3.63) is 24.8 Å². The van der Waals surface area contributed by atoms with Crippen molar-refractivity contribution in [2.75, 3.05) is 7.05 Å². The van der Waals surface area contributed by atoms with Crippen molar-refractivity contribution in [3.8, 4) is 0 Å². The predicted octanol–water partition coefficient (Wildman–Crippen LogP) is 0.339. The van der Waals surface area contributed by atoms with E-state index < -0.39 is 0 Å². The summed E-state index contributed by atoms with van der Waals surface area (Å²) in [6.45, 7) is 3.95. The molecule has 0 unspecified atom stereocenters. The fourth-order valence-electron chi connectivity index (χ4n) is 0.899. The second-order valence-electron chi connectivity index (χ2n) is 2.67. The molecule has 1 aromatic heterocycles. The van der Waals surface area contributed by atoms with E-state index in [2.05, 4.69) is 21.8 Å². The third kappa shape index (κ3) is 2.70. The van der Waals surface area contributed by atoms with E-state index in [1.807, 2.05) is 0 Å². The van der Waals surface area contributed by atoms with Gasteiger partial charge in [0.2, 0.25) is 5.91 Å². The van der Waals surface area contributed by atoms with E-state index in [9.17, 15) is 4.79 Å². The van der Waals surface area contributed by atoms with Gasteiger partial charge in [0.15, 0.2) is 0 Å². The van der Waals surface area contributed by atoms with Crippen LogP contribution < -0.4 is 0 Å². The smallest absolute Gasteiger partial charge is 0.226 e. The molecule has 1 N–H and O–H groups in total. The van der Waals surface area contributed by atoms with E-state index in [1.165, 1.54) is 6.33 Å². The summed E-state index contributed by atoms with van der Waals surface area (Å²) in [7, 11) is 1.72. The number of amides is 1. The second-order valence-corrected chi connectivity index (χ2v) is 2.67. The van der Waals surface area contributed by atoms with Crippen LogP contribution in [0.1, 0.15) is 12.2 Å². The Kier molecular flexibility index (Phi) is 3.19. The first kappa shape index (κ1) is 9.44. The van der Waals surface area contributed by atoms with Gasteiger partial charge in [-0.25, -0.2) is 4.98 Å². The molecule has 0 saturated heterocycles. The molecule has 0 fully saturated rings. The third-order valence-corrected chi connectivity index (χ3v) is 1.60. The number of carbonyl (C=O) groups excluding carboxylic acids is 1. The number of rotatable bonds is 4. The molecule has 0 bridgehead atoms. The van der Waals surface area contributed by atoms with Crippen LogP contribution in [0.3, 0.4) is 0 Å². The van der Waals surface area contributed by atoms with Crippen LogP contribution in [0.5, 0.6) is 0 Å². The lowest BCUT2D eigenvalue weighted by molar-refractivity contribution is -0.129. The Morgan fingerprint density at radius 3 is 3.15 bits per heavy atom. The Bertz CT molecular complexity index is 280. The number of nitrogens with zero attached hydrogens (tertiary/aromatic N) is 3. The molecule has 0 aliphatic carbocycles. The molecule has 0 aliphatic heterocycles. The van der Waals surface area contributed by atoms with Gasteiger partial charge in [-0.2, -0.15) is 5.10 Å². The minimum Gasteiger partial charge on any atom is -0.338 e. The molecule has 1 amide bonds. The van der Waals surface area contributed by atoms with Gasteiger partial charge in [0.05, 0.1) is 6.54 Å². The van der Waals surface area contributed by atoms with Gasteiger partial charge in [-0.3, -0.25) is 9.89 Å². The number of hydrogen-bond acceptors (Lipinski definition) is 3. The van der Waals surface area contributed by atoms with Gasteiger partial charge < -0.3 is 4.90 Å². The summed E-state index contributed by atoms with van der Waals surface area (Å²) in [5.41, 5.74) is 0. The summed E-state index contributed by atoms with van der Waals surface area (Å²) in [4.78, 5) is 16.7. The highest BCUT2D eigenvalue weighted by molar-refractivity contribution is 5.77. The Labute approximate surface area is 76.5 Å². The molecule has 1 aromatic rings. The number of hydrogen-bond donors (Lipinski definition) is 1. The molecule has 13 heavy (non-hydrogen) atoms. The molecule has 1 heterocycles. The Balaban J connectivity index is 2.45. The first-order valence-corrected chi connectivity index (χ1v) is 3.93. The minimum absolute atomic E-state index is 0.0198. The molecular weight excluding hydrogens is 168 g/mol. The van der Waals surface area contributed by atoms with E-state index in [0.717, 1.165) is 0 Å². The van der Waals surface area contributed by atoms with Crippen LogP contribution in [0.15, 0.2) is 19.0 Å². The van der Waals surface area contributed by atoms with E-state index in [0.29, 0.717) is 18.8 Å². The lowest BCUT2D eigenvalue weighted by Gasteiger charge is -2.13. The lowest BCUT2D eigenvalue weighted by Crippen LogP contribution is -2.25. The quantitative estimate of drug-likeness (QED) is 0.679. The molecule has 0 spiro atoms. The first-order valence-electron chi connectivity index (χ1n) is 3.93. The van der Waals surface area contributed by atoms with Crippen molar-refractivity contribution in [2.24, 2.45) is 0 Å². The summed E-state index contributed by atoms with van der Waals surface area (Å²) in [5.74, 6) is 0.700. The standard InChI is InChI=1S/C8H12N4O/c1-3-4-8(13)12(2)5-7-9-6-10-11-7/h3,6H,1,4-5H2,2H3,(H,9,10,11). The zero-order valence-electron chi connectivity index (χ0n) is 7.53. The summed E-state index contributed by atoms with van der Waals surface area (Å²) in [6, 6.07) is 0. The van der Waals surface area contributed by atoms with Crippen LogP contribution in [-0.4, -0.2) is 33.0 Å². The van der Waals surface area contributed by atoms with Gasteiger partial charge in [0, 0.05) is 13.5 Å². The maximum absolute atomic E-state index is 11.3. The summed E-state index contributed by atoms with van der Waals surface area (Å²) >= 11 is 0. The Morgan fingerprint density at radius 2 is 2.62 bits per heavy atom. The maximum Gasteiger partial charge on any atom is 0.226 e. The summed E-state index contributed by atoms with van der Waals surface area (Å²) in [6.07, 6.45) is 3.35. The zero-order valence-corrected chi connectivity index (χ0v) is 7.53. The lowest BCUT2D eigenvalue weighted by atomic mass is 10.3. The molecule has 0 atom stereocenters. The monoisotopic (exact) mass is 180 g/mol. The van der Waals surface area contributed by atoms with Crippen LogP contribution in [0, 0.1) is 0 Å². The fraction of sp³-hybridized carbons (Fsp3) is 0.375. The topological polar surface area (TPSA) is 61.9 Å². The fourth-order valence-corrected chi connectivity index (χ4v) is 0.899. The minimum atomic E-state index is 0.0198. The molecule has 5 nitrogen and oxygen atoms in total. The number of aromatic amines is 1. The molecule has 70 valence electrons. The summed E-state index contributed by atoms with van der Waals surface area (Å²) < 4.78 is 0. The van der Waals surface area contributed by atoms with Gasteiger partial charge in [-0.15, -0.1) is 6.58 Å². The van der Waals surface area contributed by atoms with Crippen LogP contribution in [-0.2, 0) is 11.3 Å². The van der Waals surface area contributed by atoms with Gasteiger partial charge in [0.25, 0.3) is 0 Å². The largest absolute Gasteiger partial charge is 0.338 e. The molecular formula is C8H12N4O. The van der Waals surface area contributed by atoms with Gasteiger partial charge >= 0.3 is 0 Å². The third-order valence-electron chi connectivity index (χ3n) is 1.60. The van der Waals surface area contributed by atoms with Gasteiger partial charge in [-0.05, 0) is 0 Å². The Hall–Kier alpha value is -1.65. The van der Waals surface area contributed by atoms with Crippen LogP contribution in [0.2, 0.25) is 0 Å². The average Bonchev–Trinajstić information content (AvgIpc) is 2.57. The molecule has 0 aromatic carbocycles. The second kappa shape index (κ2) is 4.39. The Morgan fingerprint density at radius 1 is 1.85 bits per heavy atom. The van der Waals surface area contributed by atoms with Gasteiger partial charge in [0.1, 0.15) is 12.2 Å². The normalized spacial score (nSPS) is 9.62. The van der Waals surface area contributed by atoms with E-state index in [-0.39, 0.29) is 5.91 Å². The SMILES string of the molecule is C=CCC(=O)N(C)Cc1ncn[nH]1. The van der Waals surface area contributed by atoms with E-state index in [1.54, 1.807) is 18.0 Å². The highest BCUT2D eigenvalue weighted by Gasteiger charge is 2.07. The van der Waals surface area contributed by atoms with E-state index in [4.69, 9.17) is 0 Å². The van der Waals surface area contributed by atoms with Crippen molar-refractivity contribution >= 4 is 5.91 Å². The van der Waals surface area contributed by atoms with Crippen LogP contribution in [0.25, 0.3) is 0 Å². The summed E-state index contributed by atoms with van der Waals surface area (Å²) in [5, 5.41) is 6.37. The molecule has 5 heteroatoms. The van der Waals surface area contributed by atoms with Crippen LogP contribution >= 0.6 is 0 Å². The average molecular weight is 180 g/mol. The van der Waals surface area contributed by atoms with Gasteiger partial charge in [-0.1, -0.05) is 6.08 Å². The van der Waals surface area contributed by atoms with Crippen molar-refractivity contribution in [3.63, 3.8) is 0 Å². The highest BCUT2D eigenvalue weighted by Crippen LogP contribution is 1.97. The van der Waals surface area contributed by atoms with Crippen molar-refractivity contribution < 1.29 is 4.79 Å². The first-order chi connectivity index (χ1) is 6.24. The molecule has 0 aliphatic rings. The molecule has 0 radical (unpaired) electrons. The number of aromatic nitrogens is 3. The zero-order chi connectivity index (χ0) is 9.68. The maximum atomic E-state index is 11.3. The van der Waals surface area contributed by atoms with Crippen molar-refractivity contribution in [1.82, 2.24) is 20.1 Å². The van der Waals surface area contributed by atoms with E-state index >= 15 is 0 Å². The highest BCUT2D eigenvalue weighted by atomic mass is 16.2. The number of carbonyl (C=O) groups is 1. The number of nitrogens with one attached hydrogen (secondary N) is 1. The van der Waals surface area contributed by atoms with Crippen LogP contribution in [0.4, 0.5) is 0 Å². The number of H-pyrrole nitrogens is 1. The molecule has 0 saturated carbocycles.